The van der Waals surface area contributed by atoms with E-state index in [0.717, 1.165) is 23.0 Å². The number of nitrogens with one attached hydrogen (secondary N) is 1. The van der Waals surface area contributed by atoms with Gasteiger partial charge in [0, 0.05) is 18.4 Å². The molecule has 0 bridgehead atoms. The van der Waals surface area contributed by atoms with Crippen LogP contribution < -0.4 is 10.9 Å². The first-order valence-corrected chi connectivity index (χ1v) is 11.4. The molecule has 4 aromatic rings. The average molecular weight is 468 g/mol. The predicted molar refractivity (Wildman–Crippen MR) is 124 cm³/mol. The predicted octanol–water partition coefficient (Wildman–Crippen LogP) is 4.14. The first-order valence-electron chi connectivity index (χ1n) is 9.56. The number of anilines is 1. The van der Waals surface area contributed by atoms with Crippen LogP contribution in [-0.2, 0) is 11.8 Å². The number of aromatic nitrogens is 3. The van der Waals surface area contributed by atoms with Crippen molar-refractivity contribution in [3.8, 4) is 11.8 Å². The highest BCUT2D eigenvalue weighted by Gasteiger charge is 2.21. The minimum atomic E-state index is -0.376. The topological polar surface area (TPSA) is 92.7 Å². The number of thioether (sulfide) groups is 1. The number of thiophene rings is 1. The summed E-state index contributed by atoms with van der Waals surface area (Å²) in [6, 6.07) is 9.74. The van der Waals surface area contributed by atoms with Gasteiger partial charge in [-0.1, -0.05) is 11.8 Å². The van der Waals surface area contributed by atoms with E-state index in [9.17, 15) is 19.2 Å². The van der Waals surface area contributed by atoms with Crippen molar-refractivity contribution in [2.75, 3.05) is 11.1 Å². The zero-order chi connectivity index (χ0) is 23.0. The summed E-state index contributed by atoms with van der Waals surface area (Å²) in [4.78, 5) is 29.7. The Bertz CT molecular complexity index is 1440. The number of benzene rings is 1. The number of carbonyl (C=O) groups is 1. The van der Waals surface area contributed by atoms with E-state index in [1.54, 1.807) is 42.1 Å². The third-order valence-electron chi connectivity index (χ3n) is 5.15. The number of hydrogen-bond donors (Lipinski definition) is 1. The smallest absolute Gasteiger partial charge is 0.271 e. The van der Waals surface area contributed by atoms with Crippen molar-refractivity contribution in [1.29, 1.82) is 5.26 Å². The fourth-order valence-corrected chi connectivity index (χ4v) is 4.95. The van der Waals surface area contributed by atoms with E-state index in [1.807, 2.05) is 6.92 Å². The number of nitriles is 1. The van der Waals surface area contributed by atoms with Crippen molar-refractivity contribution in [3.05, 3.63) is 68.7 Å². The number of fused-ring (bicyclic) bond motifs is 1. The SMILES string of the molecule is Cc1c(C#N)c(NC(=O)CSc2nc3ccsc3c(=O)n2C)n(-c2ccc(F)cc2)c1C. The van der Waals surface area contributed by atoms with Crippen molar-refractivity contribution >= 4 is 45.0 Å². The highest BCUT2D eigenvalue weighted by Crippen LogP contribution is 2.30. The van der Waals surface area contributed by atoms with Gasteiger partial charge in [0.2, 0.25) is 5.91 Å². The molecule has 1 N–H and O–H groups in total. The second-order valence-electron chi connectivity index (χ2n) is 7.09. The van der Waals surface area contributed by atoms with Gasteiger partial charge in [-0.2, -0.15) is 5.26 Å². The molecule has 0 fully saturated rings. The third-order valence-corrected chi connectivity index (χ3v) is 7.07. The van der Waals surface area contributed by atoms with Crippen LogP contribution in [0.3, 0.4) is 0 Å². The lowest BCUT2D eigenvalue weighted by Gasteiger charge is -2.13. The molecular formula is C22H18FN5O2S2. The normalized spacial score (nSPS) is 11.0. The summed E-state index contributed by atoms with van der Waals surface area (Å²) in [5.41, 5.74) is 2.91. The van der Waals surface area contributed by atoms with Crippen LogP contribution in [0.2, 0.25) is 0 Å². The number of rotatable bonds is 5. The van der Waals surface area contributed by atoms with Crippen molar-refractivity contribution in [3.63, 3.8) is 0 Å². The quantitative estimate of drug-likeness (QED) is 0.352. The van der Waals surface area contributed by atoms with Crippen LogP contribution in [0, 0.1) is 31.0 Å². The Kier molecular flexibility index (Phi) is 5.86. The summed E-state index contributed by atoms with van der Waals surface area (Å²) in [6.07, 6.45) is 0. The molecule has 0 unspecified atom stereocenters. The summed E-state index contributed by atoms with van der Waals surface area (Å²) >= 11 is 2.47. The summed E-state index contributed by atoms with van der Waals surface area (Å²) < 4.78 is 17.1. The first-order chi connectivity index (χ1) is 15.3. The van der Waals surface area contributed by atoms with Crippen LogP contribution >= 0.6 is 23.1 Å². The molecule has 0 aliphatic carbocycles. The molecule has 7 nitrogen and oxygen atoms in total. The second kappa shape index (κ2) is 8.61. The highest BCUT2D eigenvalue weighted by molar-refractivity contribution is 7.99. The maximum absolute atomic E-state index is 13.4. The van der Waals surface area contributed by atoms with Gasteiger partial charge in [-0.05, 0) is 55.1 Å². The molecule has 3 heterocycles. The van der Waals surface area contributed by atoms with E-state index >= 15 is 0 Å². The van der Waals surface area contributed by atoms with Crippen LogP contribution in [0.1, 0.15) is 16.8 Å². The summed E-state index contributed by atoms with van der Waals surface area (Å²) in [5, 5.41) is 14.7. The molecule has 3 aromatic heterocycles. The number of carbonyl (C=O) groups excluding carboxylic acids is 1. The number of nitrogens with zero attached hydrogens (tertiary/aromatic N) is 4. The molecule has 0 aliphatic heterocycles. The molecular weight excluding hydrogens is 449 g/mol. The highest BCUT2D eigenvalue weighted by atomic mass is 32.2. The Morgan fingerprint density at radius 3 is 2.69 bits per heavy atom. The Morgan fingerprint density at radius 1 is 1.28 bits per heavy atom. The van der Waals surface area contributed by atoms with E-state index in [2.05, 4.69) is 16.4 Å². The molecule has 10 heteroatoms. The van der Waals surface area contributed by atoms with Gasteiger partial charge in [-0.25, -0.2) is 9.37 Å². The van der Waals surface area contributed by atoms with E-state index in [1.165, 1.54) is 28.0 Å². The lowest BCUT2D eigenvalue weighted by molar-refractivity contribution is -0.113. The van der Waals surface area contributed by atoms with E-state index in [0.29, 0.717) is 32.4 Å². The maximum Gasteiger partial charge on any atom is 0.271 e. The van der Waals surface area contributed by atoms with Gasteiger partial charge in [-0.15, -0.1) is 11.3 Å². The van der Waals surface area contributed by atoms with E-state index in [-0.39, 0.29) is 23.0 Å². The van der Waals surface area contributed by atoms with Crippen LogP contribution in [0.25, 0.3) is 15.9 Å². The molecule has 0 radical (unpaired) electrons. The monoisotopic (exact) mass is 467 g/mol. The van der Waals surface area contributed by atoms with Gasteiger partial charge in [0.25, 0.3) is 5.56 Å². The Balaban J connectivity index is 1.62. The Labute approximate surface area is 191 Å². The second-order valence-corrected chi connectivity index (χ2v) is 8.95. The Hall–Kier alpha value is -3.42. The minimum absolute atomic E-state index is 0.00646. The molecule has 32 heavy (non-hydrogen) atoms. The lowest BCUT2D eigenvalue weighted by Crippen LogP contribution is -2.21. The average Bonchev–Trinajstić information content (AvgIpc) is 3.33. The minimum Gasteiger partial charge on any atom is -0.310 e. The summed E-state index contributed by atoms with van der Waals surface area (Å²) in [7, 11) is 1.62. The summed E-state index contributed by atoms with van der Waals surface area (Å²) in [5.74, 6) is -0.409. The molecule has 0 aliphatic rings. The van der Waals surface area contributed by atoms with Crippen molar-refractivity contribution in [2.45, 2.75) is 19.0 Å². The van der Waals surface area contributed by atoms with E-state index in [4.69, 9.17) is 0 Å². The van der Waals surface area contributed by atoms with Crippen molar-refractivity contribution in [2.24, 2.45) is 7.05 Å². The molecule has 0 saturated heterocycles. The van der Waals surface area contributed by atoms with Crippen LogP contribution in [0.5, 0.6) is 0 Å². The molecule has 0 atom stereocenters. The van der Waals surface area contributed by atoms with Crippen molar-refractivity contribution in [1.82, 2.24) is 14.1 Å². The molecule has 4 rings (SSSR count). The van der Waals surface area contributed by atoms with Gasteiger partial charge < -0.3 is 5.32 Å². The molecule has 0 spiro atoms. The van der Waals surface area contributed by atoms with Gasteiger partial charge in [0.05, 0.1) is 16.8 Å². The number of amides is 1. The first kappa shape index (κ1) is 21.8. The van der Waals surface area contributed by atoms with Gasteiger partial charge >= 0.3 is 0 Å². The fraction of sp³-hybridized carbons (Fsp3) is 0.182. The number of halogens is 1. The fourth-order valence-electron chi connectivity index (χ4n) is 3.37. The number of hydrogen-bond acceptors (Lipinski definition) is 6. The van der Waals surface area contributed by atoms with Gasteiger partial charge in [-0.3, -0.25) is 18.7 Å². The molecule has 0 saturated carbocycles. The summed E-state index contributed by atoms with van der Waals surface area (Å²) in [6.45, 7) is 3.63. The molecule has 1 aromatic carbocycles. The zero-order valence-electron chi connectivity index (χ0n) is 17.5. The largest absolute Gasteiger partial charge is 0.310 e. The van der Waals surface area contributed by atoms with E-state index < -0.39 is 0 Å². The standard InChI is InChI=1S/C22H18FN5O2S2/c1-12-13(2)28(15-6-4-14(23)5-7-15)20(16(12)10-24)26-18(29)11-32-22-25-17-8-9-31-19(17)21(30)27(22)3/h4-9H,11H2,1-3H3,(H,26,29). The molecule has 162 valence electrons. The van der Waals surface area contributed by atoms with Crippen LogP contribution in [0.15, 0.2) is 45.7 Å². The third kappa shape index (κ3) is 3.81. The Morgan fingerprint density at radius 2 is 2.00 bits per heavy atom. The zero-order valence-corrected chi connectivity index (χ0v) is 19.1. The molecule has 1 amide bonds. The maximum atomic E-state index is 13.4. The van der Waals surface area contributed by atoms with Gasteiger partial charge in [0.1, 0.15) is 22.4 Å². The van der Waals surface area contributed by atoms with Crippen LogP contribution in [0.4, 0.5) is 10.2 Å². The van der Waals surface area contributed by atoms with Gasteiger partial charge in [0.15, 0.2) is 5.16 Å². The lowest BCUT2D eigenvalue weighted by atomic mass is 10.2. The van der Waals surface area contributed by atoms with Crippen LogP contribution in [-0.4, -0.2) is 25.8 Å². The van der Waals surface area contributed by atoms with Crippen molar-refractivity contribution < 1.29 is 9.18 Å².